The molecule has 0 aromatic heterocycles. The zero-order valence-electron chi connectivity index (χ0n) is 9.99. The lowest BCUT2D eigenvalue weighted by atomic mass is 9.93. The van der Waals surface area contributed by atoms with Gasteiger partial charge in [-0.2, -0.15) is 26.3 Å². The smallest absolute Gasteiger partial charge is 0.381 e. The first-order valence-electron chi connectivity index (χ1n) is 5.29. The highest BCUT2D eigenvalue weighted by Crippen LogP contribution is 2.36. The number of alkyl halides is 6. The highest BCUT2D eigenvalue weighted by atomic mass is 19.4. The molecule has 2 nitrogen and oxygen atoms in total. The van der Waals surface area contributed by atoms with Gasteiger partial charge in [0.25, 0.3) is 0 Å². The number of halogens is 6. The summed E-state index contributed by atoms with van der Waals surface area (Å²) in [6, 6.07) is 0. The van der Waals surface area contributed by atoms with Crippen LogP contribution >= 0.6 is 0 Å². The molecule has 2 unspecified atom stereocenters. The summed E-state index contributed by atoms with van der Waals surface area (Å²) in [5.41, 5.74) is -5.84. The van der Waals surface area contributed by atoms with Crippen molar-refractivity contribution < 1.29 is 36.6 Å². The van der Waals surface area contributed by atoms with E-state index in [2.05, 4.69) is 0 Å². The van der Waals surface area contributed by atoms with Gasteiger partial charge in [0.2, 0.25) is 0 Å². The quantitative estimate of drug-likeness (QED) is 0.600. The molecule has 0 saturated carbocycles. The second kappa shape index (κ2) is 5.24. The van der Waals surface area contributed by atoms with E-state index >= 15 is 0 Å². The molecule has 18 heavy (non-hydrogen) atoms. The van der Waals surface area contributed by atoms with Gasteiger partial charge in [-0.15, -0.1) is 0 Å². The molecule has 2 N–H and O–H groups in total. The van der Waals surface area contributed by atoms with E-state index < -0.39 is 36.4 Å². The van der Waals surface area contributed by atoms with Crippen LogP contribution in [0.4, 0.5) is 26.3 Å². The Morgan fingerprint density at radius 2 is 0.889 bits per heavy atom. The first kappa shape index (κ1) is 17.5. The fraction of sp³-hybridized carbons (Fsp3) is 1.00. The van der Waals surface area contributed by atoms with Gasteiger partial charge >= 0.3 is 12.4 Å². The van der Waals surface area contributed by atoms with E-state index in [9.17, 15) is 26.3 Å². The monoisotopic (exact) mass is 282 g/mol. The molecule has 0 aliphatic rings. The van der Waals surface area contributed by atoms with Gasteiger partial charge in [-0.1, -0.05) is 12.8 Å². The maximum atomic E-state index is 12.2. The van der Waals surface area contributed by atoms with Gasteiger partial charge < -0.3 is 10.2 Å². The van der Waals surface area contributed by atoms with Crippen molar-refractivity contribution in [1.82, 2.24) is 0 Å². The van der Waals surface area contributed by atoms with Crippen LogP contribution in [0.15, 0.2) is 0 Å². The Balaban J connectivity index is 4.17. The van der Waals surface area contributed by atoms with Crippen molar-refractivity contribution in [3.8, 4) is 0 Å². The van der Waals surface area contributed by atoms with E-state index in [1.165, 1.54) is 0 Å². The van der Waals surface area contributed by atoms with Crippen molar-refractivity contribution >= 4 is 0 Å². The first-order chi connectivity index (χ1) is 7.71. The zero-order chi connectivity index (χ0) is 14.8. The number of hydrogen-bond acceptors (Lipinski definition) is 2. The van der Waals surface area contributed by atoms with Crippen molar-refractivity contribution in [3.63, 3.8) is 0 Å². The molecule has 0 aromatic rings. The molecule has 0 aromatic carbocycles. The van der Waals surface area contributed by atoms with Crippen molar-refractivity contribution in [2.24, 2.45) is 0 Å². The van der Waals surface area contributed by atoms with Gasteiger partial charge in [0.05, 0.1) is 0 Å². The first-order valence-corrected chi connectivity index (χ1v) is 5.29. The Morgan fingerprint density at radius 1 is 0.667 bits per heavy atom. The minimum atomic E-state index is -4.82. The minimum absolute atomic E-state index is 0.265. The molecule has 110 valence electrons. The van der Waals surface area contributed by atoms with E-state index in [4.69, 9.17) is 10.2 Å². The topological polar surface area (TPSA) is 40.5 Å². The maximum absolute atomic E-state index is 12.2. The third-order valence-electron chi connectivity index (χ3n) is 2.80. The van der Waals surface area contributed by atoms with Crippen molar-refractivity contribution in [3.05, 3.63) is 0 Å². The van der Waals surface area contributed by atoms with Crippen LogP contribution < -0.4 is 0 Å². The molecule has 0 heterocycles. The van der Waals surface area contributed by atoms with Crippen LogP contribution in [0.5, 0.6) is 0 Å². The van der Waals surface area contributed by atoms with E-state index in [1.54, 1.807) is 0 Å². The van der Waals surface area contributed by atoms with Crippen LogP contribution in [-0.2, 0) is 0 Å². The fourth-order valence-corrected chi connectivity index (χ4v) is 1.22. The summed E-state index contributed by atoms with van der Waals surface area (Å²) in [5.74, 6) is 0. The van der Waals surface area contributed by atoms with E-state index in [0.29, 0.717) is 13.8 Å². The van der Waals surface area contributed by atoms with Gasteiger partial charge in [-0.05, 0) is 26.7 Å². The SMILES string of the molecule is CC(O)(CCCCC(C)(O)C(F)(F)F)C(F)(F)F. The number of aliphatic hydroxyl groups is 2. The molecule has 0 saturated heterocycles. The van der Waals surface area contributed by atoms with Crippen molar-refractivity contribution in [2.75, 3.05) is 0 Å². The van der Waals surface area contributed by atoms with Gasteiger partial charge in [-0.3, -0.25) is 0 Å². The van der Waals surface area contributed by atoms with Gasteiger partial charge in [0.15, 0.2) is 11.2 Å². The largest absolute Gasteiger partial charge is 0.416 e. The lowest BCUT2D eigenvalue weighted by Crippen LogP contribution is -2.43. The van der Waals surface area contributed by atoms with Crippen LogP contribution in [-0.4, -0.2) is 33.8 Å². The number of rotatable bonds is 5. The third kappa shape index (κ3) is 4.64. The second-order valence-electron chi connectivity index (χ2n) is 4.75. The standard InChI is InChI=1S/C10H16F6O2/c1-7(17,9(11,12)13)5-3-4-6-8(2,18)10(14,15)16/h17-18H,3-6H2,1-2H3. The second-order valence-corrected chi connectivity index (χ2v) is 4.75. The molecule has 8 heteroatoms. The van der Waals surface area contributed by atoms with Crippen LogP contribution in [0.1, 0.15) is 39.5 Å². The molecule has 0 amide bonds. The minimum Gasteiger partial charge on any atom is -0.381 e. The highest BCUT2D eigenvalue weighted by molar-refractivity contribution is 4.84. The van der Waals surface area contributed by atoms with E-state index in [0.717, 1.165) is 0 Å². The van der Waals surface area contributed by atoms with E-state index in [1.807, 2.05) is 0 Å². The van der Waals surface area contributed by atoms with Crippen LogP contribution in [0.3, 0.4) is 0 Å². The molecule has 0 aliphatic heterocycles. The van der Waals surface area contributed by atoms with Crippen LogP contribution in [0, 0.1) is 0 Å². The zero-order valence-corrected chi connectivity index (χ0v) is 9.99. The predicted molar refractivity (Wildman–Crippen MR) is 51.8 cm³/mol. The van der Waals surface area contributed by atoms with E-state index in [-0.39, 0.29) is 12.8 Å². The lowest BCUT2D eigenvalue weighted by Gasteiger charge is -2.28. The maximum Gasteiger partial charge on any atom is 0.416 e. The molecule has 0 bridgehead atoms. The van der Waals surface area contributed by atoms with Crippen molar-refractivity contribution in [2.45, 2.75) is 63.1 Å². The number of unbranched alkanes of at least 4 members (excludes halogenated alkanes) is 1. The van der Waals surface area contributed by atoms with Gasteiger partial charge in [0, 0.05) is 0 Å². The Labute approximate surface area is 101 Å². The summed E-state index contributed by atoms with van der Waals surface area (Å²) in [7, 11) is 0. The molecule has 0 fully saturated rings. The molecule has 0 aliphatic carbocycles. The molecular formula is C10H16F6O2. The number of hydrogen-bond donors (Lipinski definition) is 2. The summed E-state index contributed by atoms with van der Waals surface area (Å²) in [5, 5.41) is 18.1. The molecule has 0 radical (unpaired) electrons. The Hall–Kier alpha value is -0.500. The van der Waals surface area contributed by atoms with Crippen molar-refractivity contribution in [1.29, 1.82) is 0 Å². The summed E-state index contributed by atoms with van der Waals surface area (Å²) >= 11 is 0. The van der Waals surface area contributed by atoms with Crippen LogP contribution in [0.25, 0.3) is 0 Å². The Kier molecular flexibility index (Phi) is 5.10. The summed E-state index contributed by atoms with van der Waals surface area (Å²) in [6.45, 7) is 1.13. The summed E-state index contributed by atoms with van der Waals surface area (Å²) in [6.07, 6.45) is -11.6. The van der Waals surface area contributed by atoms with Gasteiger partial charge in [0.1, 0.15) is 0 Å². The Bertz CT molecular complexity index is 239. The molecule has 0 spiro atoms. The molecular weight excluding hydrogens is 266 g/mol. The Morgan fingerprint density at radius 3 is 1.06 bits per heavy atom. The van der Waals surface area contributed by atoms with Crippen LogP contribution in [0.2, 0.25) is 0 Å². The predicted octanol–water partition coefficient (Wildman–Crippen LogP) is 3.17. The molecule has 0 rings (SSSR count). The molecule has 2 atom stereocenters. The third-order valence-corrected chi connectivity index (χ3v) is 2.80. The highest BCUT2D eigenvalue weighted by Gasteiger charge is 2.50. The average Bonchev–Trinajstić information content (AvgIpc) is 2.08. The normalized spacial score (nSPS) is 20.3. The summed E-state index contributed by atoms with van der Waals surface area (Å²) in [4.78, 5) is 0. The lowest BCUT2D eigenvalue weighted by molar-refractivity contribution is -0.259. The average molecular weight is 282 g/mol. The summed E-state index contributed by atoms with van der Waals surface area (Å²) < 4.78 is 73.2. The van der Waals surface area contributed by atoms with Gasteiger partial charge in [-0.25, -0.2) is 0 Å². The fourth-order valence-electron chi connectivity index (χ4n) is 1.22.